The van der Waals surface area contributed by atoms with Crippen LogP contribution in [0.25, 0.3) is 0 Å². The Morgan fingerprint density at radius 1 is 1.10 bits per heavy atom. The zero-order chi connectivity index (χ0) is 17.0. The molecule has 0 heterocycles. The van der Waals surface area contributed by atoms with E-state index in [1.807, 2.05) is 0 Å². The molecule has 0 fully saturated rings. The number of carbonyl (C=O) groups excluding carboxylic acids is 3. The molecular weight excluding hydrogens is 280 g/mol. The first kappa shape index (κ1) is 18.9. The van der Waals surface area contributed by atoms with Gasteiger partial charge in [0.15, 0.2) is 11.3 Å². The highest BCUT2D eigenvalue weighted by atomic mass is 16.6. The Morgan fingerprint density at radius 3 is 1.90 bits per heavy atom. The van der Waals surface area contributed by atoms with E-state index in [0.29, 0.717) is 0 Å². The Balaban J connectivity index is 4.77. The second-order valence-corrected chi connectivity index (χ2v) is 5.84. The van der Waals surface area contributed by atoms with Gasteiger partial charge in [-0.25, -0.2) is 9.59 Å². The van der Waals surface area contributed by atoms with E-state index in [0.717, 1.165) is 13.8 Å². The van der Waals surface area contributed by atoms with E-state index >= 15 is 0 Å². The Kier molecular flexibility index (Phi) is 5.89. The molecule has 8 nitrogen and oxygen atoms in total. The van der Waals surface area contributed by atoms with Crippen LogP contribution in [0, 0.1) is 0 Å². The number of rotatable bonds is 5. The molecule has 0 aromatic rings. The van der Waals surface area contributed by atoms with Crippen molar-refractivity contribution >= 4 is 23.8 Å². The van der Waals surface area contributed by atoms with Gasteiger partial charge in [0.2, 0.25) is 5.91 Å². The normalized spacial score (nSPS) is 15.3. The minimum atomic E-state index is -2.04. The maximum absolute atomic E-state index is 11.9. The number of carboxylic acid groups (broad SMARTS) is 1. The van der Waals surface area contributed by atoms with Crippen LogP contribution in [0.4, 0.5) is 4.79 Å². The number of hydrogen-bond acceptors (Lipinski definition) is 5. The monoisotopic (exact) mass is 302 g/mol. The lowest BCUT2D eigenvalue weighted by Crippen LogP contribution is -2.60. The quantitative estimate of drug-likeness (QED) is 0.634. The number of ketones is 1. The number of Topliss-reactive ketones (excluding diaryl/α,β-unsaturated/α-hetero) is 1. The summed E-state index contributed by atoms with van der Waals surface area (Å²) in [5.41, 5.74) is -2.77. The number of ether oxygens (including phenoxy) is 1. The highest BCUT2D eigenvalue weighted by molar-refractivity contribution is 6.09. The molecule has 120 valence electrons. The Labute approximate surface area is 123 Å². The predicted molar refractivity (Wildman–Crippen MR) is 73.7 cm³/mol. The predicted octanol–water partition coefficient (Wildman–Crippen LogP) is 0.448. The number of amides is 2. The third-order valence-electron chi connectivity index (χ3n) is 2.63. The van der Waals surface area contributed by atoms with Crippen LogP contribution in [-0.4, -0.2) is 46.0 Å². The maximum atomic E-state index is 11.9. The number of hydrogen-bond donors (Lipinski definition) is 3. The van der Waals surface area contributed by atoms with E-state index in [-0.39, 0.29) is 0 Å². The van der Waals surface area contributed by atoms with Crippen molar-refractivity contribution in [1.29, 1.82) is 0 Å². The average Bonchev–Trinajstić information content (AvgIpc) is 2.24. The van der Waals surface area contributed by atoms with E-state index in [2.05, 4.69) is 10.6 Å². The van der Waals surface area contributed by atoms with Gasteiger partial charge in [-0.05, 0) is 41.5 Å². The standard InChI is InChI=1S/C13H22N2O6/c1-7(14-11(20)21-12(3,4)5)9(17)15-13(6,8(2)16)10(18)19/h7H,1-6H3,(H,14,20)(H,15,17)(H,18,19)/t7-,13-/m0/s1. The summed E-state index contributed by atoms with van der Waals surface area (Å²) in [6.07, 6.45) is -0.815. The summed E-state index contributed by atoms with van der Waals surface area (Å²) in [6, 6.07) is -1.06. The number of alkyl carbamates (subject to hydrolysis) is 1. The molecule has 8 heteroatoms. The van der Waals surface area contributed by atoms with E-state index in [4.69, 9.17) is 9.84 Å². The second kappa shape index (κ2) is 6.55. The molecule has 21 heavy (non-hydrogen) atoms. The van der Waals surface area contributed by atoms with Crippen LogP contribution in [-0.2, 0) is 19.1 Å². The average molecular weight is 302 g/mol. The number of carbonyl (C=O) groups is 4. The molecule has 0 aliphatic carbocycles. The molecule has 0 unspecified atom stereocenters. The summed E-state index contributed by atoms with van der Waals surface area (Å²) in [6.45, 7) is 8.47. The fourth-order valence-corrected chi connectivity index (χ4v) is 1.20. The van der Waals surface area contributed by atoms with Crippen molar-refractivity contribution in [1.82, 2.24) is 10.6 Å². The molecule has 0 spiro atoms. The molecule has 0 saturated heterocycles. The van der Waals surface area contributed by atoms with Gasteiger partial charge >= 0.3 is 12.1 Å². The topological polar surface area (TPSA) is 122 Å². The summed E-state index contributed by atoms with van der Waals surface area (Å²) >= 11 is 0. The van der Waals surface area contributed by atoms with E-state index < -0.39 is 40.9 Å². The number of carboxylic acids is 1. The molecule has 0 bridgehead atoms. The van der Waals surface area contributed by atoms with Crippen molar-refractivity contribution in [2.75, 3.05) is 0 Å². The maximum Gasteiger partial charge on any atom is 0.408 e. The highest BCUT2D eigenvalue weighted by Crippen LogP contribution is 2.08. The number of nitrogens with one attached hydrogen (secondary N) is 2. The van der Waals surface area contributed by atoms with Crippen molar-refractivity contribution in [2.45, 2.75) is 58.7 Å². The molecule has 0 radical (unpaired) electrons. The Morgan fingerprint density at radius 2 is 1.57 bits per heavy atom. The van der Waals surface area contributed by atoms with Crippen LogP contribution < -0.4 is 10.6 Å². The Bertz CT molecular complexity index is 438. The summed E-state index contributed by atoms with van der Waals surface area (Å²) < 4.78 is 4.97. The third-order valence-corrected chi connectivity index (χ3v) is 2.63. The SMILES string of the molecule is CC(=O)[C@](C)(NC(=O)[C@H](C)NC(=O)OC(C)(C)C)C(=O)O. The van der Waals surface area contributed by atoms with Gasteiger partial charge in [0.05, 0.1) is 0 Å². The van der Waals surface area contributed by atoms with Crippen LogP contribution in [0.15, 0.2) is 0 Å². The first-order chi connectivity index (χ1) is 9.29. The molecular formula is C13H22N2O6. The van der Waals surface area contributed by atoms with Crippen molar-refractivity contribution in [3.63, 3.8) is 0 Å². The van der Waals surface area contributed by atoms with E-state index in [1.54, 1.807) is 20.8 Å². The smallest absolute Gasteiger partial charge is 0.408 e. The molecule has 0 aliphatic heterocycles. The summed E-state index contributed by atoms with van der Waals surface area (Å²) in [7, 11) is 0. The molecule has 0 aliphatic rings. The van der Waals surface area contributed by atoms with Gasteiger partial charge in [-0.2, -0.15) is 0 Å². The summed E-state index contributed by atoms with van der Waals surface area (Å²) in [4.78, 5) is 45.8. The third kappa shape index (κ3) is 5.80. The van der Waals surface area contributed by atoms with Gasteiger partial charge < -0.3 is 20.5 Å². The molecule has 3 N–H and O–H groups in total. The van der Waals surface area contributed by atoms with E-state index in [1.165, 1.54) is 6.92 Å². The second-order valence-electron chi connectivity index (χ2n) is 5.84. The molecule has 0 aromatic heterocycles. The van der Waals surface area contributed by atoms with Gasteiger partial charge in [0, 0.05) is 0 Å². The van der Waals surface area contributed by atoms with Gasteiger partial charge in [0.25, 0.3) is 0 Å². The number of aliphatic carboxylic acids is 1. The fourth-order valence-electron chi connectivity index (χ4n) is 1.20. The van der Waals surface area contributed by atoms with Gasteiger partial charge in [-0.3, -0.25) is 9.59 Å². The van der Waals surface area contributed by atoms with Gasteiger partial charge in [-0.15, -0.1) is 0 Å². The lowest BCUT2D eigenvalue weighted by Gasteiger charge is -2.26. The molecule has 0 rings (SSSR count). The fraction of sp³-hybridized carbons (Fsp3) is 0.692. The first-order valence-electron chi connectivity index (χ1n) is 6.35. The summed E-state index contributed by atoms with van der Waals surface area (Å²) in [5, 5.41) is 13.4. The van der Waals surface area contributed by atoms with Crippen LogP contribution in [0.3, 0.4) is 0 Å². The van der Waals surface area contributed by atoms with Crippen molar-refractivity contribution < 1.29 is 29.0 Å². The lowest BCUT2D eigenvalue weighted by atomic mass is 9.97. The van der Waals surface area contributed by atoms with Gasteiger partial charge in [0.1, 0.15) is 11.6 Å². The van der Waals surface area contributed by atoms with Crippen LogP contribution in [0.5, 0.6) is 0 Å². The zero-order valence-electron chi connectivity index (χ0n) is 13.1. The van der Waals surface area contributed by atoms with Crippen molar-refractivity contribution in [3.8, 4) is 0 Å². The van der Waals surface area contributed by atoms with Crippen LogP contribution in [0.2, 0.25) is 0 Å². The molecule has 2 amide bonds. The lowest BCUT2D eigenvalue weighted by molar-refractivity contribution is -0.151. The van der Waals surface area contributed by atoms with Crippen LogP contribution >= 0.6 is 0 Å². The summed E-state index contributed by atoms with van der Waals surface area (Å²) in [5.74, 6) is -3.01. The molecule has 0 saturated carbocycles. The Hall–Kier alpha value is -2.12. The first-order valence-corrected chi connectivity index (χ1v) is 6.35. The zero-order valence-corrected chi connectivity index (χ0v) is 13.1. The highest BCUT2D eigenvalue weighted by Gasteiger charge is 2.41. The molecule has 0 aromatic carbocycles. The van der Waals surface area contributed by atoms with E-state index in [9.17, 15) is 19.2 Å². The van der Waals surface area contributed by atoms with Crippen LogP contribution in [0.1, 0.15) is 41.5 Å². The van der Waals surface area contributed by atoms with Crippen molar-refractivity contribution in [2.24, 2.45) is 0 Å². The van der Waals surface area contributed by atoms with Crippen molar-refractivity contribution in [3.05, 3.63) is 0 Å². The largest absolute Gasteiger partial charge is 0.479 e. The van der Waals surface area contributed by atoms with Gasteiger partial charge in [-0.1, -0.05) is 0 Å². The minimum absolute atomic E-state index is 0.727. The molecule has 2 atom stereocenters. The minimum Gasteiger partial charge on any atom is -0.479 e.